The minimum absolute atomic E-state index is 0.949. The third-order valence-electron chi connectivity index (χ3n) is 3.34. The number of hydrogen-bond acceptors (Lipinski definition) is 1. The highest BCUT2D eigenvalue weighted by Crippen LogP contribution is 2.17. The van der Waals surface area contributed by atoms with Crippen molar-refractivity contribution in [3.05, 3.63) is 60.2 Å². The molecule has 0 fully saturated rings. The SMILES string of the molecule is COc1cccc(C[Si](C)(C)c2ccccc2)c1. The van der Waals surface area contributed by atoms with Gasteiger partial charge in [-0.2, -0.15) is 0 Å². The molecule has 94 valence electrons. The van der Waals surface area contributed by atoms with E-state index in [0.717, 1.165) is 11.8 Å². The minimum Gasteiger partial charge on any atom is -0.497 e. The van der Waals surface area contributed by atoms with Gasteiger partial charge in [-0.15, -0.1) is 0 Å². The molecule has 0 unspecified atom stereocenters. The monoisotopic (exact) mass is 256 g/mol. The number of benzene rings is 2. The molecule has 2 aromatic carbocycles. The largest absolute Gasteiger partial charge is 0.497 e. The molecule has 1 nitrogen and oxygen atoms in total. The van der Waals surface area contributed by atoms with E-state index in [4.69, 9.17) is 4.74 Å². The fourth-order valence-electron chi connectivity index (χ4n) is 2.28. The summed E-state index contributed by atoms with van der Waals surface area (Å²) in [4.78, 5) is 0. The van der Waals surface area contributed by atoms with E-state index in [2.05, 4.69) is 61.6 Å². The Balaban J connectivity index is 2.22. The first-order chi connectivity index (χ1) is 8.62. The molecule has 18 heavy (non-hydrogen) atoms. The lowest BCUT2D eigenvalue weighted by atomic mass is 10.2. The van der Waals surface area contributed by atoms with Crippen molar-refractivity contribution in [1.82, 2.24) is 0 Å². The Morgan fingerprint density at radius 3 is 2.33 bits per heavy atom. The first-order valence-electron chi connectivity index (χ1n) is 6.30. The zero-order valence-corrected chi connectivity index (χ0v) is 12.3. The summed E-state index contributed by atoms with van der Waals surface area (Å²) in [5.74, 6) is 0.949. The summed E-state index contributed by atoms with van der Waals surface area (Å²) in [6, 6.07) is 20.4. The van der Waals surface area contributed by atoms with Gasteiger partial charge in [-0.25, -0.2) is 0 Å². The first-order valence-corrected chi connectivity index (χ1v) is 9.51. The second kappa shape index (κ2) is 5.40. The third-order valence-corrected chi connectivity index (χ3v) is 6.52. The zero-order chi connectivity index (χ0) is 13.0. The Kier molecular flexibility index (Phi) is 3.87. The molecule has 0 N–H and O–H groups in total. The van der Waals surface area contributed by atoms with Crippen LogP contribution in [0.3, 0.4) is 0 Å². The Bertz CT molecular complexity index is 506. The van der Waals surface area contributed by atoms with Crippen LogP contribution in [0, 0.1) is 0 Å². The van der Waals surface area contributed by atoms with Crippen LogP contribution in [0.2, 0.25) is 13.1 Å². The van der Waals surface area contributed by atoms with Crippen molar-refractivity contribution in [2.45, 2.75) is 19.1 Å². The Morgan fingerprint density at radius 1 is 0.944 bits per heavy atom. The molecule has 2 heteroatoms. The molecule has 0 aliphatic carbocycles. The van der Waals surface area contributed by atoms with Gasteiger partial charge in [0.1, 0.15) is 5.75 Å². The molecule has 0 saturated carbocycles. The van der Waals surface area contributed by atoms with Crippen LogP contribution in [-0.4, -0.2) is 15.2 Å². The predicted molar refractivity (Wildman–Crippen MR) is 80.3 cm³/mol. The molecule has 0 spiro atoms. The van der Waals surface area contributed by atoms with E-state index >= 15 is 0 Å². The van der Waals surface area contributed by atoms with E-state index < -0.39 is 8.07 Å². The van der Waals surface area contributed by atoms with E-state index in [1.165, 1.54) is 10.8 Å². The average molecular weight is 256 g/mol. The quantitative estimate of drug-likeness (QED) is 0.762. The van der Waals surface area contributed by atoms with Crippen LogP contribution in [0.5, 0.6) is 5.75 Å². The number of rotatable bonds is 4. The Hall–Kier alpha value is -1.54. The first kappa shape index (κ1) is 12.9. The van der Waals surface area contributed by atoms with Crippen molar-refractivity contribution in [1.29, 1.82) is 0 Å². The summed E-state index contributed by atoms with van der Waals surface area (Å²) in [7, 11) is 0.310. The van der Waals surface area contributed by atoms with Gasteiger partial charge in [0.2, 0.25) is 0 Å². The highest BCUT2D eigenvalue weighted by molar-refractivity contribution is 6.89. The summed E-state index contributed by atoms with van der Waals surface area (Å²) in [6.07, 6.45) is 0. The molecular weight excluding hydrogens is 236 g/mol. The van der Waals surface area contributed by atoms with Crippen molar-refractivity contribution in [3.63, 3.8) is 0 Å². The van der Waals surface area contributed by atoms with Crippen LogP contribution in [0.4, 0.5) is 0 Å². The van der Waals surface area contributed by atoms with Gasteiger partial charge in [0, 0.05) is 0 Å². The van der Waals surface area contributed by atoms with Gasteiger partial charge in [0.15, 0.2) is 0 Å². The number of ether oxygens (including phenoxy) is 1. The molecule has 0 aliphatic rings. The molecule has 0 amide bonds. The summed E-state index contributed by atoms with van der Waals surface area (Å²) < 4.78 is 5.29. The van der Waals surface area contributed by atoms with Crippen molar-refractivity contribution in [3.8, 4) is 5.75 Å². The van der Waals surface area contributed by atoms with Crippen molar-refractivity contribution in [2.24, 2.45) is 0 Å². The lowest BCUT2D eigenvalue weighted by Crippen LogP contribution is -2.43. The topological polar surface area (TPSA) is 9.23 Å². The Morgan fingerprint density at radius 2 is 1.67 bits per heavy atom. The standard InChI is InChI=1S/C16H20OSi/c1-17-15-9-7-8-14(12-15)13-18(2,3)16-10-5-4-6-11-16/h4-12H,13H2,1-3H3. The van der Waals surface area contributed by atoms with Gasteiger partial charge in [-0.05, 0) is 23.7 Å². The lowest BCUT2D eigenvalue weighted by molar-refractivity contribution is 0.414. The van der Waals surface area contributed by atoms with Gasteiger partial charge < -0.3 is 4.74 Å². The van der Waals surface area contributed by atoms with Gasteiger partial charge in [-0.3, -0.25) is 0 Å². The van der Waals surface area contributed by atoms with Gasteiger partial charge >= 0.3 is 0 Å². The van der Waals surface area contributed by atoms with Gasteiger partial charge in [0.05, 0.1) is 15.2 Å². The number of hydrogen-bond donors (Lipinski definition) is 0. The van der Waals surface area contributed by atoms with Crippen LogP contribution >= 0.6 is 0 Å². The maximum atomic E-state index is 5.29. The molecule has 2 rings (SSSR count). The predicted octanol–water partition coefficient (Wildman–Crippen LogP) is 3.39. The van der Waals surface area contributed by atoms with Gasteiger partial charge in [0.25, 0.3) is 0 Å². The summed E-state index contributed by atoms with van der Waals surface area (Å²) >= 11 is 0. The summed E-state index contributed by atoms with van der Waals surface area (Å²) in [5, 5.41) is 1.51. The lowest BCUT2D eigenvalue weighted by Gasteiger charge is -2.23. The second-order valence-corrected chi connectivity index (χ2v) is 9.98. The fourth-order valence-corrected chi connectivity index (χ4v) is 4.82. The number of methoxy groups -OCH3 is 1. The van der Waals surface area contributed by atoms with Crippen molar-refractivity contribution >= 4 is 13.3 Å². The van der Waals surface area contributed by atoms with Crippen LogP contribution in [-0.2, 0) is 6.04 Å². The molecule has 0 radical (unpaired) electrons. The maximum absolute atomic E-state index is 5.29. The highest BCUT2D eigenvalue weighted by atomic mass is 28.3. The van der Waals surface area contributed by atoms with Crippen molar-refractivity contribution < 1.29 is 4.74 Å². The van der Waals surface area contributed by atoms with Crippen LogP contribution in [0.15, 0.2) is 54.6 Å². The van der Waals surface area contributed by atoms with Crippen molar-refractivity contribution in [2.75, 3.05) is 7.11 Å². The van der Waals surface area contributed by atoms with Crippen LogP contribution < -0.4 is 9.92 Å². The zero-order valence-electron chi connectivity index (χ0n) is 11.3. The summed E-state index contributed by atoms with van der Waals surface area (Å²) in [5.41, 5.74) is 1.37. The maximum Gasteiger partial charge on any atom is 0.119 e. The fraction of sp³-hybridized carbons (Fsp3) is 0.250. The highest BCUT2D eigenvalue weighted by Gasteiger charge is 2.23. The normalized spacial score (nSPS) is 11.3. The van der Waals surface area contributed by atoms with E-state index in [-0.39, 0.29) is 0 Å². The molecule has 0 aliphatic heterocycles. The van der Waals surface area contributed by atoms with E-state index in [9.17, 15) is 0 Å². The molecule has 2 aromatic rings. The average Bonchev–Trinajstić information content (AvgIpc) is 2.39. The molecule has 0 atom stereocenters. The summed E-state index contributed by atoms with van der Waals surface area (Å²) in [6.45, 7) is 4.84. The molecule has 0 saturated heterocycles. The molecule has 0 aromatic heterocycles. The van der Waals surface area contributed by atoms with E-state index in [1.54, 1.807) is 7.11 Å². The van der Waals surface area contributed by atoms with E-state index in [0.29, 0.717) is 0 Å². The van der Waals surface area contributed by atoms with Gasteiger partial charge in [-0.1, -0.05) is 60.7 Å². The molecule has 0 bridgehead atoms. The van der Waals surface area contributed by atoms with Crippen LogP contribution in [0.25, 0.3) is 0 Å². The van der Waals surface area contributed by atoms with E-state index in [1.807, 2.05) is 6.07 Å². The smallest absolute Gasteiger partial charge is 0.119 e. The molecular formula is C16H20OSi. The Labute approximate surface area is 110 Å². The minimum atomic E-state index is -1.41. The third kappa shape index (κ3) is 3.02. The molecule has 0 heterocycles. The van der Waals surface area contributed by atoms with Crippen LogP contribution in [0.1, 0.15) is 5.56 Å². The second-order valence-electron chi connectivity index (χ2n) is 5.28.